The van der Waals surface area contributed by atoms with Crippen LogP contribution in [0.5, 0.6) is 0 Å². The van der Waals surface area contributed by atoms with Crippen LogP contribution in [-0.2, 0) is 6.54 Å². The summed E-state index contributed by atoms with van der Waals surface area (Å²) in [6, 6.07) is 8.51. The fourth-order valence-corrected chi connectivity index (χ4v) is 2.04. The van der Waals surface area contributed by atoms with Crippen molar-refractivity contribution in [2.24, 2.45) is 5.73 Å². The lowest BCUT2D eigenvalue weighted by molar-refractivity contribution is 0.567. The number of nitrogens with two attached hydrogens (primary N) is 1. The highest BCUT2D eigenvalue weighted by Gasteiger charge is 1.95. The Balaban J connectivity index is 1.84. The molecule has 6 N–H and O–H groups in total. The maximum atomic E-state index is 5.40. The standard InChI is InChI=1S/C16H31N5/c1-15-4-2-3-5-16(15)14-21-13-12-20-11-10-19-9-8-18-7-6-17/h2-5,18-21H,6-14,17H2,1H3. The van der Waals surface area contributed by atoms with E-state index in [9.17, 15) is 0 Å². The summed E-state index contributed by atoms with van der Waals surface area (Å²) in [6.45, 7) is 10.7. The molecular formula is C16H31N5. The van der Waals surface area contributed by atoms with Crippen molar-refractivity contribution < 1.29 is 0 Å². The zero-order valence-corrected chi connectivity index (χ0v) is 13.3. The molecule has 0 aromatic heterocycles. The minimum atomic E-state index is 0.705. The van der Waals surface area contributed by atoms with Crippen LogP contribution in [0.3, 0.4) is 0 Å². The zero-order valence-electron chi connectivity index (χ0n) is 13.3. The Morgan fingerprint density at radius 3 is 1.86 bits per heavy atom. The Morgan fingerprint density at radius 2 is 1.29 bits per heavy atom. The van der Waals surface area contributed by atoms with Crippen LogP contribution >= 0.6 is 0 Å². The quantitative estimate of drug-likeness (QED) is 0.326. The van der Waals surface area contributed by atoms with Gasteiger partial charge in [-0.25, -0.2) is 0 Å². The van der Waals surface area contributed by atoms with Crippen molar-refractivity contribution in [3.05, 3.63) is 35.4 Å². The summed E-state index contributed by atoms with van der Waals surface area (Å²) in [5.41, 5.74) is 8.13. The van der Waals surface area contributed by atoms with Crippen LogP contribution in [0.4, 0.5) is 0 Å². The normalized spacial score (nSPS) is 11.0. The van der Waals surface area contributed by atoms with Gasteiger partial charge in [0, 0.05) is 58.9 Å². The molecule has 0 fully saturated rings. The summed E-state index contributed by atoms with van der Waals surface area (Å²) in [5, 5.41) is 13.5. The molecule has 1 aromatic carbocycles. The Kier molecular flexibility index (Phi) is 11.0. The minimum Gasteiger partial charge on any atom is -0.329 e. The predicted octanol–water partition coefficient (Wildman–Crippen LogP) is -0.188. The summed E-state index contributed by atoms with van der Waals surface area (Å²) in [5.74, 6) is 0. The minimum absolute atomic E-state index is 0.705. The van der Waals surface area contributed by atoms with Crippen LogP contribution in [0.15, 0.2) is 24.3 Å². The summed E-state index contributed by atoms with van der Waals surface area (Å²) in [7, 11) is 0. The van der Waals surface area contributed by atoms with Crippen LogP contribution in [-0.4, -0.2) is 52.4 Å². The van der Waals surface area contributed by atoms with Gasteiger partial charge < -0.3 is 27.0 Å². The third kappa shape index (κ3) is 9.55. The average Bonchev–Trinajstić information content (AvgIpc) is 2.50. The molecule has 0 aliphatic rings. The maximum Gasteiger partial charge on any atom is 0.0208 e. The fraction of sp³-hybridized carbons (Fsp3) is 0.625. The summed E-state index contributed by atoms with van der Waals surface area (Å²) in [4.78, 5) is 0. The summed E-state index contributed by atoms with van der Waals surface area (Å²) in [6.07, 6.45) is 0. The van der Waals surface area contributed by atoms with Crippen LogP contribution in [0.25, 0.3) is 0 Å². The highest BCUT2D eigenvalue weighted by molar-refractivity contribution is 5.25. The van der Waals surface area contributed by atoms with Crippen molar-refractivity contribution in [2.45, 2.75) is 13.5 Å². The van der Waals surface area contributed by atoms with Gasteiger partial charge in [0.05, 0.1) is 0 Å². The van der Waals surface area contributed by atoms with Gasteiger partial charge in [0.1, 0.15) is 0 Å². The first-order valence-electron chi connectivity index (χ1n) is 7.92. The third-order valence-corrected chi connectivity index (χ3v) is 3.33. The van der Waals surface area contributed by atoms with Gasteiger partial charge in [-0.1, -0.05) is 24.3 Å². The second-order valence-corrected chi connectivity index (χ2v) is 5.14. The van der Waals surface area contributed by atoms with E-state index in [1.54, 1.807) is 0 Å². The zero-order chi connectivity index (χ0) is 15.2. The molecule has 1 rings (SSSR count). The lowest BCUT2D eigenvalue weighted by Crippen LogP contribution is -2.35. The molecule has 21 heavy (non-hydrogen) atoms. The molecule has 0 bridgehead atoms. The number of nitrogens with one attached hydrogen (secondary N) is 4. The number of hydrogen-bond donors (Lipinski definition) is 5. The predicted molar refractivity (Wildman–Crippen MR) is 90.5 cm³/mol. The lowest BCUT2D eigenvalue weighted by atomic mass is 10.1. The Hall–Kier alpha value is -0.980. The second kappa shape index (κ2) is 12.7. The van der Waals surface area contributed by atoms with Gasteiger partial charge in [-0.3, -0.25) is 0 Å². The van der Waals surface area contributed by atoms with Crippen molar-refractivity contribution in [3.63, 3.8) is 0 Å². The molecule has 0 unspecified atom stereocenters. The van der Waals surface area contributed by atoms with Gasteiger partial charge in [-0.15, -0.1) is 0 Å². The number of rotatable bonds is 13. The Morgan fingerprint density at radius 1 is 0.762 bits per heavy atom. The molecule has 5 nitrogen and oxygen atoms in total. The molecule has 0 saturated carbocycles. The average molecular weight is 293 g/mol. The Bertz CT molecular complexity index is 356. The molecule has 120 valence electrons. The number of hydrogen-bond acceptors (Lipinski definition) is 5. The number of benzene rings is 1. The van der Waals surface area contributed by atoms with Crippen molar-refractivity contribution >= 4 is 0 Å². The molecule has 0 aliphatic heterocycles. The van der Waals surface area contributed by atoms with E-state index in [-0.39, 0.29) is 0 Å². The first-order valence-corrected chi connectivity index (χ1v) is 7.92. The molecule has 0 radical (unpaired) electrons. The van der Waals surface area contributed by atoms with Gasteiger partial charge in [-0.2, -0.15) is 0 Å². The molecule has 0 aliphatic carbocycles. The first-order chi connectivity index (χ1) is 10.3. The smallest absolute Gasteiger partial charge is 0.0208 e. The molecular weight excluding hydrogens is 262 g/mol. The molecule has 0 heterocycles. The van der Waals surface area contributed by atoms with Crippen LogP contribution < -0.4 is 27.0 Å². The van der Waals surface area contributed by atoms with E-state index >= 15 is 0 Å². The van der Waals surface area contributed by atoms with E-state index in [1.165, 1.54) is 11.1 Å². The van der Waals surface area contributed by atoms with Gasteiger partial charge in [-0.05, 0) is 18.1 Å². The number of aryl methyl sites for hydroxylation is 1. The molecule has 5 heteroatoms. The molecule has 0 amide bonds. The fourth-order valence-electron chi connectivity index (χ4n) is 2.04. The van der Waals surface area contributed by atoms with Crippen LogP contribution in [0.2, 0.25) is 0 Å². The summed E-state index contributed by atoms with van der Waals surface area (Å²) >= 11 is 0. The van der Waals surface area contributed by atoms with E-state index in [1.807, 2.05) is 0 Å². The SMILES string of the molecule is Cc1ccccc1CNCCNCCNCCNCCN. The highest BCUT2D eigenvalue weighted by Crippen LogP contribution is 2.05. The van der Waals surface area contributed by atoms with Crippen molar-refractivity contribution in [1.29, 1.82) is 0 Å². The Labute approximate surface area is 129 Å². The molecule has 1 aromatic rings. The van der Waals surface area contributed by atoms with E-state index in [2.05, 4.69) is 52.5 Å². The van der Waals surface area contributed by atoms with Crippen molar-refractivity contribution in [3.8, 4) is 0 Å². The van der Waals surface area contributed by atoms with E-state index in [4.69, 9.17) is 5.73 Å². The molecule has 0 saturated heterocycles. The highest BCUT2D eigenvalue weighted by atomic mass is 15.0. The third-order valence-electron chi connectivity index (χ3n) is 3.33. The van der Waals surface area contributed by atoms with Crippen LogP contribution in [0, 0.1) is 6.92 Å². The van der Waals surface area contributed by atoms with E-state index < -0.39 is 0 Å². The van der Waals surface area contributed by atoms with Crippen LogP contribution in [0.1, 0.15) is 11.1 Å². The lowest BCUT2D eigenvalue weighted by Gasteiger charge is -2.09. The van der Waals surface area contributed by atoms with Gasteiger partial charge >= 0.3 is 0 Å². The van der Waals surface area contributed by atoms with E-state index in [0.717, 1.165) is 52.4 Å². The van der Waals surface area contributed by atoms with Crippen molar-refractivity contribution in [2.75, 3.05) is 52.4 Å². The second-order valence-electron chi connectivity index (χ2n) is 5.14. The van der Waals surface area contributed by atoms with E-state index in [0.29, 0.717) is 6.54 Å². The molecule has 0 atom stereocenters. The van der Waals surface area contributed by atoms with Gasteiger partial charge in [0.2, 0.25) is 0 Å². The monoisotopic (exact) mass is 293 g/mol. The van der Waals surface area contributed by atoms with Crippen molar-refractivity contribution in [1.82, 2.24) is 21.3 Å². The van der Waals surface area contributed by atoms with Gasteiger partial charge in [0.15, 0.2) is 0 Å². The largest absolute Gasteiger partial charge is 0.329 e. The topological polar surface area (TPSA) is 74.1 Å². The van der Waals surface area contributed by atoms with Gasteiger partial charge in [0.25, 0.3) is 0 Å². The summed E-state index contributed by atoms with van der Waals surface area (Å²) < 4.78 is 0. The first kappa shape index (κ1) is 18.1. The maximum absolute atomic E-state index is 5.40. The molecule has 0 spiro atoms.